The van der Waals surface area contributed by atoms with Gasteiger partial charge >= 0.3 is 0 Å². The number of hydrogen-bond acceptors (Lipinski definition) is 8. The van der Waals surface area contributed by atoms with Crippen molar-refractivity contribution in [1.82, 2.24) is 14.7 Å². The first-order valence-corrected chi connectivity index (χ1v) is 12.2. The highest BCUT2D eigenvalue weighted by molar-refractivity contribution is 7.89. The Labute approximate surface area is 198 Å². The van der Waals surface area contributed by atoms with Crippen LogP contribution in [0.5, 0.6) is 5.75 Å². The Hall–Kier alpha value is -3.70. The molecular formula is C23H26N6O4S. The number of nitrogens with one attached hydrogen (secondary N) is 3. The van der Waals surface area contributed by atoms with Crippen LogP contribution in [-0.2, 0) is 14.8 Å². The highest BCUT2D eigenvalue weighted by Gasteiger charge is 2.24. The average Bonchev–Trinajstić information content (AvgIpc) is 2.82. The molecule has 0 atom stereocenters. The van der Waals surface area contributed by atoms with Crippen molar-refractivity contribution < 1.29 is 17.9 Å². The molecule has 10 nitrogen and oxygen atoms in total. The van der Waals surface area contributed by atoms with Gasteiger partial charge < -0.3 is 20.3 Å². The van der Waals surface area contributed by atoms with E-state index >= 15 is 0 Å². The van der Waals surface area contributed by atoms with Gasteiger partial charge in [-0.15, -0.1) is 0 Å². The number of rotatable bonds is 7. The fourth-order valence-electron chi connectivity index (χ4n) is 3.60. The van der Waals surface area contributed by atoms with Crippen molar-refractivity contribution in [3.63, 3.8) is 0 Å². The molecule has 1 aromatic heterocycles. The van der Waals surface area contributed by atoms with Gasteiger partial charge in [-0.25, -0.2) is 18.1 Å². The Morgan fingerprint density at radius 2 is 1.79 bits per heavy atom. The SMILES string of the molecule is CCN1C(=O)COc2ccc(Nc3nc(Nc4ccc(C)c(S(=O)(=O)NC)c4)ncc3C)cc21. The summed E-state index contributed by atoms with van der Waals surface area (Å²) in [4.78, 5) is 22.9. The summed E-state index contributed by atoms with van der Waals surface area (Å²) < 4.78 is 32.4. The lowest BCUT2D eigenvalue weighted by Gasteiger charge is -2.28. The second kappa shape index (κ2) is 9.27. The van der Waals surface area contributed by atoms with Crippen molar-refractivity contribution in [1.29, 1.82) is 0 Å². The van der Waals surface area contributed by atoms with E-state index in [2.05, 4.69) is 25.3 Å². The molecule has 1 amide bonds. The summed E-state index contributed by atoms with van der Waals surface area (Å²) in [5, 5.41) is 6.34. The number of nitrogens with zero attached hydrogens (tertiary/aromatic N) is 3. The standard InChI is InChI=1S/C23H26N6O4S/c1-5-29-18-10-16(8-9-19(18)33-13-21(29)30)26-22-15(3)12-25-23(28-22)27-17-7-6-14(2)20(11-17)34(31,32)24-4/h6-12,24H,5,13H2,1-4H3,(H2,25,26,27,28). The van der Waals surface area contributed by atoms with E-state index in [0.29, 0.717) is 41.0 Å². The van der Waals surface area contributed by atoms with Gasteiger partial charge in [-0.3, -0.25) is 4.79 Å². The van der Waals surface area contributed by atoms with E-state index in [9.17, 15) is 13.2 Å². The molecule has 0 aliphatic carbocycles. The largest absolute Gasteiger partial charge is 0.482 e. The summed E-state index contributed by atoms with van der Waals surface area (Å²) in [7, 11) is -2.23. The van der Waals surface area contributed by atoms with Crippen LogP contribution >= 0.6 is 0 Å². The van der Waals surface area contributed by atoms with E-state index < -0.39 is 10.0 Å². The van der Waals surface area contributed by atoms with E-state index in [1.165, 1.54) is 13.1 Å². The third-order valence-electron chi connectivity index (χ3n) is 5.46. The maximum Gasteiger partial charge on any atom is 0.265 e. The highest BCUT2D eigenvalue weighted by Crippen LogP contribution is 2.35. The molecule has 4 rings (SSSR count). The number of carbonyl (C=O) groups is 1. The summed E-state index contributed by atoms with van der Waals surface area (Å²) in [6.45, 7) is 6.09. The monoisotopic (exact) mass is 482 g/mol. The Kier molecular flexibility index (Phi) is 6.40. The van der Waals surface area contributed by atoms with Gasteiger partial charge in [0.1, 0.15) is 11.6 Å². The molecule has 0 fully saturated rings. The molecule has 0 unspecified atom stereocenters. The average molecular weight is 483 g/mol. The van der Waals surface area contributed by atoms with Crippen molar-refractivity contribution in [2.45, 2.75) is 25.7 Å². The first-order chi connectivity index (χ1) is 16.2. The first kappa shape index (κ1) is 23.5. The molecular weight excluding hydrogens is 456 g/mol. The maximum atomic E-state index is 12.3. The third-order valence-corrected chi connectivity index (χ3v) is 7.01. The van der Waals surface area contributed by atoms with Crippen LogP contribution in [0, 0.1) is 13.8 Å². The molecule has 1 aliphatic rings. The second-order valence-corrected chi connectivity index (χ2v) is 9.63. The summed E-state index contributed by atoms with van der Waals surface area (Å²) in [6, 6.07) is 10.5. The fraction of sp³-hybridized carbons (Fsp3) is 0.261. The minimum Gasteiger partial charge on any atom is -0.482 e. The highest BCUT2D eigenvalue weighted by atomic mass is 32.2. The van der Waals surface area contributed by atoms with Crippen molar-refractivity contribution in [3.8, 4) is 5.75 Å². The van der Waals surface area contributed by atoms with Gasteiger partial charge in [0.2, 0.25) is 16.0 Å². The fourth-order valence-corrected chi connectivity index (χ4v) is 4.59. The number of likely N-dealkylation sites (N-methyl/N-ethyl adjacent to an activating group) is 1. The van der Waals surface area contributed by atoms with Crippen LogP contribution in [0.3, 0.4) is 0 Å². The molecule has 2 aromatic carbocycles. The maximum absolute atomic E-state index is 12.3. The van der Waals surface area contributed by atoms with Gasteiger partial charge in [-0.2, -0.15) is 4.98 Å². The van der Waals surface area contributed by atoms with Gasteiger partial charge in [-0.1, -0.05) is 6.07 Å². The lowest BCUT2D eigenvalue weighted by Crippen LogP contribution is -2.38. The molecule has 3 aromatic rings. The van der Waals surface area contributed by atoms with Gasteiger partial charge in [0.25, 0.3) is 5.91 Å². The number of fused-ring (bicyclic) bond motifs is 1. The quantitative estimate of drug-likeness (QED) is 0.469. The molecule has 1 aliphatic heterocycles. The van der Waals surface area contributed by atoms with Crippen LogP contribution in [0.2, 0.25) is 0 Å². The molecule has 11 heteroatoms. The molecule has 34 heavy (non-hydrogen) atoms. The van der Waals surface area contributed by atoms with Gasteiger partial charge in [0.15, 0.2) is 6.61 Å². The van der Waals surface area contributed by atoms with Crippen LogP contribution in [0.4, 0.5) is 28.8 Å². The zero-order chi connectivity index (χ0) is 24.5. The number of aromatic nitrogens is 2. The minimum atomic E-state index is -3.60. The van der Waals surface area contributed by atoms with E-state index in [1.807, 2.05) is 32.0 Å². The molecule has 0 saturated heterocycles. The van der Waals surface area contributed by atoms with Gasteiger partial charge in [0.05, 0.1) is 10.6 Å². The summed E-state index contributed by atoms with van der Waals surface area (Å²) >= 11 is 0. The van der Waals surface area contributed by atoms with Gasteiger partial charge in [0, 0.05) is 29.7 Å². The van der Waals surface area contributed by atoms with Gasteiger partial charge in [-0.05, 0) is 63.7 Å². The number of hydrogen-bond donors (Lipinski definition) is 3. The van der Waals surface area contributed by atoms with Crippen LogP contribution in [0.1, 0.15) is 18.1 Å². The van der Waals surface area contributed by atoms with Crippen LogP contribution in [0.25, 0.3) is 0 Å². The molecule has 2 heterocycles. The van der Waals surface area contributed by atoms with E-state index in [4.69, 9.17) is 4.74 Å². The molecule has 0 saturated carbocycles. The molecule has 3 N–H and O–H groups in total. The number of benzene rings is 2. The Bertz CT molecular complexity index is 1360. The second-order valence-electron chi connectivity index (χ2n) is 7.77. The van der Waals surface area contributed by atoms with Crippen molar-refractivity contribution in [3.05, 3.63) is 53.7 Å². The molecule has 0 bridgehead atoms. The lowest BCUT2D eigenvalue weighted by atomic mass is 10.2. The zero-order valence-corrected chi connectivity index (χ0v) is 20.2. The third kappa shape index (κ3) is 4.66. The summed E-state index contributed by atoms with van der Waals surface area (Å²) in [5.74, 6) is 1.44. The Morgan fingerprint density at radius 3 is 2.53 bits per heavy atom. The van der Waals surface area contributed by atoms with E-state index in [0.717, 1.165) is 11.3 Å². The van der Waals surface area contributed by atoms with Crippen molar-refractivity contribution >= 4 is 44.8 Å². The first-order valence-electron chi connectivity index (χ1n) is 10.7. The number of aryl methyl sites for hydroxylation is 2. The topological polar surface area (TPSA) is 126 Å². The zero-order valence-electron chi connectivity index (χ0n) is 19.3. The molecule has 0 spiro atoms. The van der Waals surface area contributed by atoms with Crippen molar-refractivity contribution in [2.75, 3.05) is 35.7 Å². The molecule has 178 valence electrons. The number of ether oxygens (including phenoxy) is 1. The van der Waals surface area contributed by atoms with E-state index in [-0.39, 0.29) is 17.4 Å². The Balaban J connectivity index is 1.60. The summed E-state index contributed by atoms with van der Waals surface area (Å²) in [5.41, 5.74) is 3.42. The van der Waals surface area contributed by atoms with Crippen molar-refractivity contribution in [2.24, 2.45) is 0 Å². The predicted octanol–water partition coefficient (Wildman–Crippen LogP) is 3.23. The Morgan fingerprint density at radius 1 is 1.06 bits per heavy atom. The number of carbonyl (C=O) groups excluding carboxylic acids is 1. The van der Waals surface area contributed by atoms with E-state index in [1.54, 1.807) is 30.2 Å². The van der Waals surface area contributed by atoms with Crippen LogP contribution in [0.15, 0.2) is 47.5 Å². The number of anilines is 5. The minimum absolute atomic E-state index is 0.0318. The number of amides is 1. The molecule has 0 radical (unpaired) electrons. The lowest BCUT2D eigenvalue weighted by molar-refractivity contribution is -0.121. The smallest absolute Gasteiger partial charge is 0.265 e. The predicted molar refractivity (Wildman–Crippen MR) is 131 cm³/mol. The van der Waals surface area contributed by atoms with Crippen LogP contribution < -0.4 is 25.0 Å². The number of sulfonamides is 1. The van der Waals surface area contributed by atoms with Crippen LogP contribution in [-0.4, -0.2) is 44.5 Å². The normalized spacial score (nSPS) is 13.3. The summed E-state index contributed by atoms with van der Waals surface area (Å²) in [6.07, 6.45) is 1.67.